The van der Waals surface area contributed by atoms with Crippen molar-refractivity contribution in [1.29, 1.82) is 0 Å². The lowest BCUT2D eigenvalue weighted by molar-refractivity contribution is -0.140. The Morgan fingerprint density at radius 3 is 2.67 bits per heavy atom. The fourth-order valence-electron chi connectivity index (χ4n) is 3.89. The van der Waals surface area contributed by atoms with E-state index in [1.54, 1.807) is 0 Å². The van der Waals surface area contributed by atoms with Crippen LogP contribution in [0.1, 0.15) is 50.5 Å². The molecule has 0 radical (unpaired) electrons. The lowest BCUT2D eigenvalue weighted by Crippen LogP contribution is -2.51. The summed E-state index contributed by atoms with van der Waals surface area (Å²) in [5.41, 5.74) is 3.49. The zero-order valence-electron chi connectivity index (χ0n) is 17.1. The number of carbonyl (C=O) groups is 3. The van der Waals surface area contributed by atoms with Crippen LogP contribution in [0.3, 0.4) is 0 Å². The van der Waals surface area contributed by atoms with E-state index in [-0.39, 0.29) is 18.7 Å². The maximum atomic E-state index is 12.8. The number of urea groups is 1. The van der Waals surface area contributed by atoms with Gasteiger partial charge in [-0.3, -0.25) is 15.0 Å². The molecule has 1 saturated carbocycles. The van der Waals surface area contributed by atoms with Gasteiger partial charge in [-0.2, -0.15) is 9.99 Å². The summed E-state index contributed by atoms with van der Waals surface area (Å²) in [5, 5.41) is 7.52. The molecular formula is C21H25N5O4. The molecule has 4 amide bonds. The highest BCUT2D eigenvalue weighted by atomic mass is 16.5. The first-order chi connectivity index (χ1) is 14.4. The zero-order valence-corrected chi connectivity index (χ0v) is 17.1. The Balaban J connectivity index is 1.32. The molecule has 0 atom stereocenters. The Hall–Kier alpha value is -3.23. The van der Waals surface area contributed by atoms with Crippen LogP contribution < -0.4 is 10.7 Å². The summed E-state index contributed by atoms with van der Waals surface area (Å²) in [5.74, 6) is 0.453. The number of aryl methyl sites for hydroxylation is 2. The van der Waals surface area contributed by atoms with E-state index >= 15 is 0 Å². The van der Waals surface area contributed by atoms with Gasteiger partial charge >= 0.3 is 6.03 Å². The second-order valence-corrected chi connectivity index (χ2v) is 8.25. The van der Waals surface area contributed by atoms with Crippen LogP contribution in [0, 0.1) is 12.8 Å². The summed E-state index contributed by atoms with van der Waals surface area (Å²) in [6.07, 6.45) is 3.14. The average molecular weight is 411 g/mol. The summed E-state index contributed by atoms with van der Waals surface area (Å²) in [7, 11) is 0. The first-order valence-corrected chi connectivity index (χ1v) is 10.2. The van der Waals surface area contributed by atoms with E-state index in [2.05, 4.69) is 27.8 Å². The highest BCUT2D eigenvalue weighted by molar-refractivity contribution is 6.08. The van der Waals surface area contributed by atoms with Crippen molar-refractivity contribution in [1.82, 2.24) is 25.9 Å². The fourth-order valence-corrected chi connectivity index (χ4v) is 3.89. The van der Waals surface area contributed by atoms with Crippen molar-refractivity contribution in [2.75, 3.05) is 0 Å². The molecule has 1 saturated heterocycles. The molecule has 9 nitrogen and oxygen atoms in total. The van der Waals surface area contributed by atoms with Crippen LogP contribution in [0.5, 0.6) is 0 Å². The zero-order chi connectivity index (χ0) is 21.3. The molecule has 30 heavy (non-hydrogen) atoms. The average Bonchev–Trinajstić information content (AvgIpc) is 3.29. The number of nitrogens with one attached hydrogen (secondary N) is 2. The summed E-state index contributed by atoms with van der Waals surface area (Å²) in [4.78, 5) is 41.7. The first kappa shape index (κ1) is 20.1. The largest absolute Gasteiger partial charge is 0.344 e. The minimum absolute atomic E-state index is 0.0105. The molecule has 2 N–H and O–H groups in total. The van der Waals surface area contributed by atoms with Crippen molar-refractivity contribution in [2.24, 2.45) is 5.92 Å². The van der Waals surface area contributed by atoms with E-state index in [9.17, 15) is 14.4 Å². The molecule has 9 heteroatoms. The van der Waals surface area contributed by atoms with Gasteiger partial charge in [0, 0.05) is 18.4 Å². The number of nitrogens with zero attached hydrogens (tertiary/aromatic N) is 3. The molecule has 4 rings (SSSR count). The number of amides is 4. The van der Waals surface area contributed by atoms with Gasteiger partial charge in [0.1, 0.15) is 5.54 Å². The fraction of sp³-hybridized carbons (Fsp3) is 0.476. The van der Waals surface area contributed by atoms with E-state index in [1.807, 2.05) is 31.2 Å². The van der Waals surface area contributed by atoms with Crippen molar-refractivity contribution in [3.8, 4) is 11.4 Å². The van der Waals surface area contributed by atoms with Crippen LogP contribution in [0.4, 0.5) is 4.79 Å². The van der Waals surface area contributed by atoms with Gasteiger partial charge in [-0.05, 0) is 38.5 Å². The van der Waals surface area contributed by atoms with Crippen molar-refractivity contribution in [2.45, 2.75) is 57.9 Å². The van der Waals surface area contributed by atoms with E-state index in [1.165, 1.54) is 0 Å². The van der Waals surface area contributed by atoms with Gasteiger partial charge in [-0.1, -0.05) is 41.9 Å². The normalized spacial score (nSPS) is 23.7. The predicted octanol–water partition coefficient (Wildman–Crippen LogP) is 2.51. The summed E-state index contributed by atoms with van der Waals surface area (Å²) in [6, 6.07) is 7.13. The highest BCUT2D eigenvalue weighted by Gasteiger charge is 2.52. The third-order valence-electron chi connectivity index (χ3n) is 5.87. The topological polar surface area (TPSA) is 117 Å². The Labute approximate surface area is 174 Å². The lowest BCUT2D eigenvalue weighted by Gasteiger charge is -2.33. The third kappa shape index (κ3) is 3.92. The molecule has 2 aromatic rings. The second kappa shape index (κ2) is 7.89. The van der Waals surface area contributed by atoms with E-state index in [0.717, 1.165) is 29.0 Å². The molecule has 0 bridgehead atoms. The second-order valence-electron chi connectivity index (χ2n) is 8.25. The molecular weight excluding hydrogens is 386 g/mol. The monoisotopic (exact) mass is 411 g/mol. The molecule has 1 spiro atoms. The highest BCUT2D eigenvalue weighted by Crippen LogP contribution is 2.35. The van der Waals surface area contributed by atoms with Gasteiger partial charge in [-0.15, -0.1) is 0 Å². The number of aromatic nitrogens is 2. The van der Waals surface area contributed by atoms with Gasteiger partial charge < -0.3 is 9.84 Å². The predicted molar refractivity (Wildman–Crippen MR) is 107 cm³/mol. The van der Waals surface area contributed by atoms with Crippen LogP contribution in [-0.2, 0) is 16.0 Å². The molecule has 158 valence electrons. The molecule has 2 heterocycles. The van der Waals surface area contributed by atoms with E-state index in [4.69, 9.17) is 4.52 Å². The Bertz CT molecular complexity index is 960. The molecule has 2 fully saturated rings. The van der Waals surface area contributed by atoms with Gasteiger partial charge in [0.05, 0.1) is 0 Å². The van der Waals surface area contributed by atoms with E-state index < -0.39 is 17.5 Å². The quantitative estimate of drug-likeness (QED) is 0.730. The number of hydrogen-bond donors (Lipinski definition) is 2. The van der Waals surface area contributed by atoms with Gasteiger partial charge in [0.15, 0.2) is 0 Å². The van der Waals surface area contributed by atoms with Crippen LogP contribution in [0.2, 0.25) is 0 Å². The molecule has 1 aliphatic heterocycles. The minimum Gasteiger partial charge on any atom is -0.339 e. The van der Waals surface area contributed by atoms with Crippen molar-refractivity contribution in [3.63, 3.8) is 0 Å². The van der Waals surface area contributed by atoms with Crippen LogP contribution in [-0.4, -0.2) is 38.5 Å². The summed E-state index contributed by atoms with van der Waals surface area (Å²) in [6.45, 7) is 4.13. The Morgan fingerprint density at radius 1 is 1.27 bits per heavy atom. The molecule has 0 unspecified atom stereocenters. The first-order valence-electron chi connectivity index (χ1n) is 10.2. The van der Waals surface area contributed by atoms with Crippen molar-refractivity contribution < 1.29 is 18.9 Å². The van der Waals surface area contributed by atoms with Gasteiger partial charge in [0.25, 0.3) is 5.91 Å². The molecule has 1 aliphatic carbocycles. The molecule has 2 aliphatic rings. The maximum absolute atomic E-state index is 12.8. The van der Waals surface area contributed by atoms with Gasteiger partial charge in [0.2, 0.25) is 17.6 Å². The molecule has 1 aromatic heterocycles. The van der Waals surface area contributed by atoms with Crippen LogP contribution in [0.15, 0.2) is 28.8 Å². The lowest BCUT2D eigenvalue weighted by atomic mass is 9.77. The number of benzene rings is 1. The number of hydrazine groups is 1. The number of rotatable bonds is 5. The number of carbonyl (C=O) groups excluding carboxylic acids is 3. The number of imide groups is 1. The summed E-state index contributed by atoms with van der Waals surface area (Å²) < 4.78 is 5.21. The number of hydrogen-bond acceptors (Lipinski definition) is 6. The maximum Gasteiger partial charge on any atom is 0.344 e. The van der Waals surface area contributed by atoms with E-state index in [0.29, 0.717) is 30.5 Å². The Morgan fingerprint density at radius 2 is 1.97 bits per heavy atom. The van der Waals surface area contributed by atoms with Crippen molar-refractivity contribution in [3.05, 3.63) is 35.7 Å². The van der Waals surface area contributed by atoms with Crippen molar-refractivity contribution >= 4 is 17.8 Å². The third-order valence-corrected chi connectivity index (χ3v) is 5.87. The van der Waals surface area contributed by atoms with Crippen LogP contribution in [0.25, 0.3) is 11.4 Å². The summed E-state index contributed by atoms with van der Waals surface area (Å²) >= 11 is 0. The van der Waals surface area contributed by atoms with Gasteiger partial charge in [-0.25, -0.2) is 4.79 Å². The minimum atomic E-state index is -0.883. The standard InChI is InChI=1S/C21H25N5O4/c1-13-3-5-15(6-4-13)18-22-17(30-25-18)8-7-16(27)24-26-19(28)21(23-20(26)29)11-9-14(2)10-12-21/h3-6,14H,7-12H2,1-2H3,(H,23,29)(H,24,27). The van der Waals surface area contributed by atoms with Crippen LogP contribution >= 0.6 is 0 Å². The Kier molecular flexibility index (Phi) is 5.27. The smallest absolute Gasteiger partial charge is 0.339 e. The molecule has 1 aromatic carbocycles. The SMILES string of the molecule is Cc1ccc(-c2noc(CCC(=O)NN3C(=O)NC4(CCC(C)CC4)C3=O)n2)cc1.